The molecule has 3 heterocycles. The standard InChI is InChI=1S/C27H30FN3O2/c28-22-9-6-19-4-3-5-23(24(19)18-22)20-12-15-31(16-13-20)14-1-2-17-33-26-11-8-21-7-10-25(32)29-27(21)30-26/h3-6,8-9,11,18,20H,1-2,7,10,12-17H2,(H,29,30,32). The van der Waals surface area contributed by atoms with E-state index in [1.165, 1.54) is 11.6 Å². The number of ether oxygens (including phenoxy) is 1. The number of unbranched alkanes of at least 4 members (excludes halogenated alkanes) is 1. The fourth-order valence-corrected chi connectivity index (χ4v) is 5.01. The first-order chi connectivity index (χ1) is 16.2. The van der Waals surface area contributed by atoms with Gasteiger partial charge in [0.15, 0.2) is 0 Å². The number of aryl methyl sites for hydroxylation is 1. The number of carbonyl (C=O) groups excluding carboxylic acids is 1. The van der Waals surface area contributed by atoms with Crippen LogP contribution in [0.2, 0.25) is 0 Å². The van der Waals surface area contributed by atoms with Gasteiger partial charge in [-0.25, -0.2) is 4.39 Å². The predicted molar refractivity (Wildman–Crippen MR) is 128 cm³/mol. The number of nitrogens with zero attached hydrogens (tertiary/aromatic N) is 2. The number of nitrogens with one attached hydrogen (secondary N) is 1. The Balaban J connectivity index is 1.06. The summed E-state index contributed by atoms with van der Waals surface area (Å²) >= 11 is 0. The zero-order valence-electron chi connectivity index (χ0n) is 18.9. The molecule has 1 fully saturated rings. The first-order valence-electron chi connectivity index (χ1n) is 12.0. The van der Waals surface area contributed by atoms with Crippen molar-refractivity contribution in [2.75, 3.05) is 31.6 Å². The van der Waals surface area contributed by atoms with Crippen LogP contribution >= 0.6 is 0 Å². The third-order valence-electron chi connectivity index (χ3n) is 6.86. The van der Waals surface area contributed by atoms with Crippen LogP contribution in [-0.4, -0.2) is 42.0 Å². The van der Waals surface area contributed by atoms with Gasteiger partial charge in [-0.2, -0.15) is 4.98 Å². The lowest BCUT2D eigenvalue weighted by Gasteiger charge is -2.32. The van der Waals surface area contributed by atoms with Crippen LogP contribution < -0.4 is 10.1 Å². The third-order valence-corrected chi connectivity index (χ3v) is 6.86. The highest BCUT2D eigenvalue weighted by molar-refractivity contribution is 5.92. The molecule has 1 N–H and O–H groups in total. The van der Waals surface area contributed by atoms with E-state index in [2.05, 4.69) is 33.4 Å². The highest BCUT2D eigenvalue weighted by Gasteiger charge is 2.22. The quantitative estimate of drug-likeness (QED) is 0.500. The zero-order chi connectivity index (χ0) is 22.6. The second-order valence-corrected chi connectivity index (χ2v) is 9.09. The largest absolute Gasteiger partial charge is 0.478 e. The number of amides is 1. The SMILES string of the molecule is O=C1CCc2ccc(OCCCCN3CCC(c4cccc5ccc(F)cc45)CC3)nc2N1. The van der Waals surface area contributed by atoms with Gasteiger partial charge in [0.25, 0.3) is 0 Å². The molecule has 0 unspecified atom stereocenters. The average molecular weight is 448 g/mol. The van der Waals surface area contributed by atoms with Crippen LogP contribution in [0.15, 0.2) is 48.5 Å². The van der Waals surface area contributed by atoms with Gasteiger partial charge in [0, 0.05) is 12.5 Å². The molecule has 1 saturated heterocycles. The Morgan fingerprint density at radius 3 is 2.82 bits per heavy atom. The Morgan fingerprint density at radius 2 is 1.94 bits per heavy atom. The minimum Gasteiger partial charge on any atom is -0.478 e. The van der Waals surface area contributed by atoms with Crippen molar-refractivity contribution in [1.82, 2.24) is 9.88 Å². The van der Waals surface area contributed by atoms with Gasteiger partial charge in [0.2, 0.25) is 11.8 Å². The number of anilines is 1. The predicted octanol–water partition coefficient (Wildman–Crippen LogP) is 5.30. The molecule has 33 heavy (non-hydrogen) atoms. The number of carbonyl (C=O) groups is 1. The van der Waals surface area contributed by atoms with Crippen molar-refractivity contribution in [2.24, 2.45) is 0 Å². The minimum absolute atomic E-state index is 0.0172. The number of rotatable bonds is 7. The Labute approximate surface area is 194 Å². The number of pyridine rings is 1. The molecular weight excluding hydrogens is 417 g/mol. The van der Waals surface area contributed by atoms with Crippen molar-refractivity contribution >= 4 is 22.5 Å². The number of hydrogen-bond donors (Lipinski definition) is 1. The van der Waals surface area contributed by atoms with E-state index in [1.54, 1.807) is 6.07 Å². The van der Waals surface area contributed by atoms with E-state index < -0.39 is 0 Å². The van der Waals surface area contributed by atoms with Crippen LogP contribution in [0.3, 0.4) is 0 Å². The van der Waals surface area contributed by atoms with E-state index in [0.29, 0.717) is 30.6 Å². The third kappa shape index (κ3) is 5.17. The number of likely N-dealkylation sites (tertiary alicyclic amines) is 1. The Kier molecular flexibility index (Phi) is 6.53. The Bertz CT molecular complexity index is 1140. The van der Waals surface area contributed by atoms with Gasteiger partial charge >= 0.3 is 0 Å². The van der Waals surface area contributed by atoms with Crippen molar-refractivity contribution in [1.29, 1.82) is 0 Å². The fourth-order valence-electron chi connectivity index (χ4n) is 5.01. The van der Waals surface area contributed by atoms with Crippen molar-refractivity contribution in [3.05, 3.63) is 65.5 Å². The van der Waals surface area contributed by atoms with Crippen LogP contribution in [-0.2, 0) is 11.2 Å². The van der Waals surface area contributed by atoms with Gasteiger partial charge in [-0.15, -0.1) is 0 Å². The van der Waals surface area contributed by atoms with Crippen molar-refractivity contribution < 1.29 is 13.9 Å². The molecule has 5 rings (SSSR count). The number of piperidine rings is 1. The molecule has 1 amide bonds. The van der Waals surface area contributed by atoms with Crippen LogP contribution in [0.1, 0.15) is 49.1 Å². The van der Waals surface area contributed by atoms with Crippen LogP contribution in [0.5, 0.6) is 5.88 Å². The van der Waals surface area contributed by atoms with Gasteiger partial charge in [0.05, 0.1) is 6.61 Å². The molecule has 2 aliphatic rings. The molecule has 0 radical (unpaired) electrons. The maximum absolute atomic E-state index is 13.8. The molecule has 2 aliphatic heterocycles. The molecule has 0 atom stereocenters. The number of aromatic nitrogens is 1. The van der Waals surface area contributed by atoms with Gasteiger partial charge in [0.1, 0.15) is 11.6 Å². The molecule has 1 aromatic heterocycles. The first kappa shape index (κ1) is 21.8. The fraction of sp³-hybridized carbons (Fsp3) is 0.407. The normalized spacial score (nSPS) is 17.1. The van der Waals surface area contributed by atoms with Crippen LogP contribution in [0.4, 0.5) is 10.2 Å². The average Bonchev–Trinajstić information content (AvgIpc) is 2.83. The summed E-state index contributed by atoms with van der Waals surface area (Å²) in [6.07, 6.45) is 5.52. The van der Waals surface area contributed by atoms with E-state index in [-0.39, 0.29) is 11.7 Å². The topological polar surface area (TPSA) is 54.5 Å². The molecule has 0 bridgehead atoms. The summed E-state index contributed by atoms with van der Waals surface area (Å²) in [7, 11) is 0. The second-order valence-electron chi connectivity index (χ2n) is 9.09. The zero-order valence-corrected chi connectivity index (χ0v) is 18.9. The van der Waals surface area contributed by atoms with E-state index in [4.69, 9.17) is 4.74 Å². The summed E-state index contributed by atoms with van der Waals surface area (Å²) < 4.78 is 19.6. The summed E-state index contributed by atoms with van der Waals surface area (Å²) in [5, 5.41) is 4.99. The van der Waals surface area contributed by atoms with E-state index in [9.17, 15) is 9.18 Å². The lowest BCUT2D eigenvalue weighted by molar-refractivity contribution is -0.116. The Morgan fingerprint density at radius 1 is 1.06 bits per heavy atom. The maximum Gasteiger partial charge on any atom is 0.225 e. The molecule has 0 spiro atoms. The van der Waals surface area contributed by atoms with Gasteiger partial charge in [-0.05, 0) is 97.8 Å². The molecule has 6 heteroatoms. The number of fused-ring (bicyclic) bond motifs is 2. The highest BCUT2D eigenvalue weighted by atomic mass is 19.1. The number of halogens is 1. The summed E-state index contributed by atoms with van der Waals surface area (Å²) in [4.78, 5) is 18.5. The molecular formula is C27H30FN3O2. The van der Waals surface area contributed by atoms with Gasteiger partial charge in [-0.1, -0.05) is 24.3 Å². The second kappa shape index (κ2) is 9.87. The summed E-state index contributed by atoms with van der Waals surface area (Å²) in [5.74, 6) is 1.56. The van der Waals surface area contributed by atoms with E-state index >= 15 is 0 Å². The molecule has 3 aromatic rings. The summed E-state index contributed by atoms with van der Waals surface area (Å²) in [5.41, 5.74) is 2.35. The number of hydrogen-bond acceptors (Lipinski definition) is 4. The highest BCUT2D eigenvalue weighted by Crippen LogP contribution is 2.33. The molecule has 0 aliphatic carbocycles. The Hall–Kier alpha value is -2.99. The summed E-state index contributed by atoms with van der Waals surface area (Å²) in [6.45, 7) is 3.83. The minimum atomic E-state index is -0.162. The maximum atomic E-state index is 13.8. The molecule has 2 aromatic carbocycles. The van der Waals surface area contributed by atoms with E-state index in [0.717, 1.165) is 68.1 Å². The van der Waals surface area contributed by atoms with Gasteiger partial charge < -0.3 is 15.0 Å². The lowest BCUT2D eigenvalue weighted by atomic mass is 9.86. The van der Waals surface area contributed by atoms with Crippen LogP contribution in [0, 0.1) is 5.82 Å². The van der Waals surface area contributed by atoms with Crippen molar-refractivity contribution in [3.8, 4) is 5.88 Å². The summed E-state index contributed by atoms with van der Waals surface area (Å²) in [6, 6.07) is 15.3. The van der Waals surface area contributed by atoms with Crippen molar-refractivity contribution in [3.63, 3.8) is 0 Å². The van der Waals surface area contributed by atoms with Crippen molar-refractivity contribution in [2.45, 2.75) is 44.4 Å². The molecule has 0 saturated carbocycles. The first-order valence-corrected chi connectivity index (χ1v) is 12.0. The van der Waals surface area contributed by atoms with E-state index in [1.807, 2.05) is 18.2 Å². The molecule has 5 nitrogen and oxygen atoms in total. The smallest absolute Gasteiger partial charge is 0.225 e. The molecule has 172 valence electrons. The lowest BCUT2D eigenvalue weighted by Crippen LogP contribution is -2.33. The monoisotopic (exact) mass is 447 g/mol. The van der Waals surface area contributed by atoms with Crippen LogP contribution in [0.25, 0.3) is 10.8 Å². The number of benzene rings is 2. The van der Waals surface area contributed by atoms with Gasteiger partial charge in [-0.3, -0.25) is 4.79 Å².